The van der Waals surface area contributed by atoms with Crippen molar-refractivity contribution in [3.05, 3.63) is 42.4 Å². The van der Waals surface area contributed by atoms with Crippen LogP contribution in [0, 0.1) is 5.92 Å². The first-order valence-corrected chi connectivity index (χ1v) is 10.5. The van der Waals surface area contributed by atoms with E-state index in [1.54, 1.807) is 13.4 Å². The summed E-state index contributed by atoms with van der Waals surface area (Å²) in [4.78, 5) is 26.2. The van der Waals surface area contributed by atoms with E-state index in [1.165, 1.54) is 12.8 Å². The molecule has 0 saturated carbocycles. The summed E-state index contributed by atoms with van der Waals surface area (Å²) in [6.45, 7) is 4.31. The Morgan fingerprint density at radius 3 is 2.66 bits per heavy atom. The van der Waals surface area contributed by atoms with Gasteiger partial charge in [0.25, 0.3) is 0 Å². The fraction of sp³-hybridized carbons (Fsp3) is 0.500. The lowest BCUT2D eigenvalue weighted by molar-refractivity contribution is -0.125. The second-order valence-electron chi connectivity index (χ2n) is 7.72. The topological polar surface area (TPSA) is 70.6 Å². The van der Waals surface area contributed by atoms with E-state index < -0.39 is 0 Å². The molecule has 2 aliphatic heterocycles. The van der Waals surface area contributed by atoms with E-state index in [-0.39, 0.29) is 11.8 Å². The van der Waals surface area contributed by atoms with Crippen LogP contribution in [-0.4, -0.2) is 49.2 Å². The van der Waals surface area contributed by atoms with E-state index in [9.17, 15) is 4.79 Å². The number of anilines is 2. The number of benzene rings is 1. The molecule has 7 nitrogen and oxygen atoms in total. The maximum Gasteiger partial charge on any atom is 0.223 e. The molecule has 0 unspecified atom stereocenters. The lowest BCUT2D eigenvalue weighted by atomic mass is 9.95. The minimum atomic E-state index is 0.0424. The SMILES string of the molecule is COc1ccccc1CNC(=O)C1CCN(c2cncnc2N2CCCC2)CC1. The van der Waals surface area contributed by atoms with Gasteiger partial charge in [0.2, 0.25) is 5.91 Å². The molecule has 1 N–H and O–H groups in total. The van der Waals surface area contributed by atoms with Crippen LogP contribution >= 0.6 is 0 Å². The predicted molar refractivity (Wildman–Crippen MR) is 113 cm³/mol. The number of ether oxygens (including phenoxy) is 1. The Morgan fingerprint density at radius 1 is 1.14 bits per heavy atom. The predicted octanol–water partition coefficient (Wildman–Crippen LogP) is 2.62. The average Bonchev–Trinajstić information content (AvgIpc) is 3.32. The van der Waals surface area contributed by atoms with Crippen molar-refractivity contribution in [3.63, 3.8) is 0 Å². The number of rotatable bonds is 6. The van der Waals surface area contributed by atoms with Crippen LogP contribution in [0.1, 0.15) is 31.2 Å². The molecule has 2 saturated heterocycles. The Kier molecular flexibility index (Phi) is 6.12. The molecule has 2 fully saturated rings. The summed E-state index contributed by atoms with van der Waals surface area (Å²) in [6.07, 6.45) is 7.67. The molecule has 2 aromatic rings. The van der Waals surface area contributed by atoms with Crippen LogP contribution < -0.4 is 19.9 Å². The van der Waals surface area contributed by atoms with Gasteiger partial charge in [-0.25, -0.2) is 9.97 Å². The molecular weight excluding hydrogens is 366 g/mol. The molecule has 4 rings (SSSR count). The molecule has 0 radical (unpaired) electrons. The van der Waals surface area contributed by atoms with Gasteiger partial charge in [-0.1, -0.05) is 18.2 Å². The first kappa shape index (κ1) is 19.5. The monoisotopic (exact) mass is 395 g/mol. The zero-order valence-electron chi connectivity index (χ0n) is 17.0. The molecule has 0 aliphatic carbocycles. The van der Waals surface area contributed by atoms with E-state index in [4.69, 9.17) is 4.74 Å². The summed E-state index contributed by atoms with van der Waals surface area (Å²) in [6, 6.07) is 7.79. The van der Waals surface area contributed by atoms with Crippen molar-refractivity contribution in [3.8, 4) is 5.75 Å². The van der Waals surface area contributed by atoms with Crippen LogP contribution in [0.5, 0.6) is 5.75 Å². The minimum absolute atomic E-state index is 0.0424. The van der Waals surface area contributed by atoms with Gasteiger partial charge < -0.3 is 19.9 Å². The quantitative estimate of drug-likeness (QED) is 0.811. The Morgan fingerprint density at radius 2 is 1.90 bits per heavy atom. The van der Waals surface area contributed by atoms with E-state index in [2.05, 4.69) is 25.1 Å². The molecule has 1 amide bonds. The van der Waals surface area contributed by atoms with Crippen molar-refractivity contribution in [2.45, 2.75) is 32.2 Å². The third-order valence-corrected chi connectivity index (χ3v) is 5.93. The van der Waals surface area contributed by atoms with Crippen LogP contribution in [-0.2, 0) is 11.3 Å². The Labute approximate surface area is 172 Å². The molecule has 0 atom stereocenters. The summed E-state index contributed by atoms with van der Waals surface area (Å²) in [5.41, 5.74) is 2.10. The van der Waals surface area contributed by atoms with Crippen molar-refractivity contribution in [1.82, 2.24) is 15.3 Å². The fourth-order valence-corrected chi connectivity index (χ4v) is 4.27. The summed E-state index contributed by atoms with van der Waals surface area (Å²) in [5.74, 6) is 2.01. The summed E-state index contributed by atoms with van der Waals surface area (Å²) in [5, 5.41) is 3.08. The molecule has 3 heterocycles. The number of hydrogen-bond acceptors (Lipinski definition) is 6. The lowest BCUT2D eigenvalue weighted by Gasteiger charge is -2.34. The van der Waals surface area contributed by atoms with Crippen molar-refractivity contribution in [2.24, 2.45) is 5.92 Å². The van der Waals surface area contributed by atoms with Crippen molar-refractivity contribution < 1.29 is 9.53 Å². The second kappa shape index (κ2) is 9.11. The van der Waals surface area contributed by atoms with E-state index >= 15 is 0 Å². The summed E-state index contributed by atoms with van der Waals surface area (Å²) < 4.78 is 5.37. The molecule has 7 heteroatoms. The number of hydrogen-bond donors (Lipinski definition) is 1. The van der Waals surface area contributed by atoms with Gasteiger partial charge in [-0.15, -0.1) is 0 Å². The fourth-order valence-electron chi connectivity index (χ4n) is 4.27. The highest BCUT2D eigenvalue weighted by Gasteiger charge is 2.28. The van der Waals surface area contributed by atoms with Crippen LogP contribution in [0.4, 0.5) is 11.5 Å². The van der Waals surface area contributed by atoms with Crippen molar-refractivity contribution >= 4 is 17.4 Å². The van der Waals surface area contributed by atoms with E-state index in [0.717, 1.165) is 61.8 Å². The highest BCUT2D eigenvalue weighted by atomic mass is 16.5. The number of nitrogens with one attached hydrogen (secondary N) is 1. The van der Waals surface area contributed by atoms with E-state index in [0.29, 0.717) is 6.54 Å². The zero-order chi connectivity index (χ0) is 20.1. The molecular formula is C22H29N5O2. The number of amides is 1. The highest BCUT2D eigenvalue weighted by molar-refractivity contribution is 5.79. The van der Waals surface area contributed by atoms with Crippen molar-refractivity contribution in [2.75, 3.05) is 43.1 Å². The molecule has 0 spiro atoms. The van der Waals surface area contributed by atoms with Crippen molar-refractivity contribution in [1.29, 1.82) is 0 Å². The van der Waals surface area contributed by atoms with Crippen LogP contribution in [0.2, 0.25) is 0 Å². The lowest BCUT2D eigenvalue weighted by Crippen LogP contribution is -2.41. The van der Waals surface area contributed by atoms with Gasteiger partial charge in [0, 0.05) is 44.2 Å². The average molecular weight is 396 g/mol. The molecule has 0 bridgehead atoms. The van der Waals surface area contributed by atoms with E-state index in [1.807, 2.05) is 30.5 Å². The number of nitrogens with zero attached hydrogens (tertiary/aromatic N) is 4. The largest absolute Gasteiger partial charge is 0.496 e. The van der Waals surface area contributed by atoms with Gasteiger partial charge in [0.05, 0.1) is 19.0 Å². The molecule has 154 valence electrons. The third-order valence-electron chi connectivity index (χ3n) is 5.93. The normalized spacial score (nSPS) is 17.4. The number of carbonyl (C=O) groups excluding carboxylic acids is 1. The van der Waals surface area contributed by atoms with Crippen LogP contribution in [0.25, 0.3) is 0 Å². The molecule has 29 heavy (non-hydrogen) atoms. The number of para-hydroxylation sites is 1. The molecule has 1 aromatic heterocycles. The van der Waals surface area contributed by atoms with Gasteiger partial charge in [-0.2, -0.15) is 0 Å². The van der Waals surface area contributed by atoms with Gasteiger partial charge in [0.15, 0.2) is 5.82 Å². The molecule has 2 aliphatic rings. The van der Waals surface area contributed by atoms with Gasteiger partial charge in [0.1, 0.15) is 12.1 Å². The maximum absolute atomic E-state index is 12.7. The highest BCUT2D eigenvalue weighted by Crippen LogP contribution is 2.31. The maximum atomic E-state index is 12.7. The second-order valence-corrected chi connectivity index (χ2v) is 7.72. The number of carbonyl (C=O) groups is 1. The van der Waals surface area contributed by atoms with Crippen LogP contribution in [0.3, 0.4) is 0 Å². The third kappa shape index (κ3) is 4.44. The summed E-state index contributed by atoms with van der Waals surface area (Å²) >= 11 is 0. The first-order valence-electron chi connectivity index (χ1n) is 10.5. The number of piperidine rings is 1. The Hall–Kier alpha value is -2.83. The number of aromatic nitrogens is 2. The standard InChI is InChI=1S/C22H29N5O2/c1-29-20-7-3-2-6-18(20)14-24-22(28)17-8-12-26(13-9-17)19-15-23-16-25-21(19)27-10-4-5-11-27/h2-3,6-7,15-17H,4-5,8-14H2,1H3,(H,24,28). The smallest absolute Gasteiger partial charge is 0.223 e. The Balaban J connectivity index is 1.33. The molecule has 1 aromatic carbocycles. The Bertz CT molecular complexity index is 829. The van der Waals surface area contributed by atoms with Gasteiger partial charge in [-0.05, 0) is 31.7 Å². The van der Waals surface area contributed by atoms with Crippen LogP contribution in [0.15, 0.2) is 36.8 Å². The van der Waals surface area contributed by atoms with Gasteiger partial charge in [-0.3, -0.25) is 4.79 Å². The summed E-state index contributed by atoms with van der Waals surface area (Å²) in [7, 11) is 1.65. The first-order chi connectivity index (χ1) is 14.3. The zero-order valence-corrected chi connectivity index (χ0v) is 17.0. The van der Waals surface area contributed by atoms with Gasteiger partial charge >= 0.3 is 0 Å². The minimum Gasteiger partial charge on any atom is -0.496 e. The number of methoxy groups -OCH3 is 1.